The third kappa shape index (κ3) is 3.93. The summed E-state index contributed by atoms with van der Waals surface area (Å²) in [6, 6.07) is -0.516. The molecule has 0 radical (unpaired) electrons. The van der Waals surface area contributed by atoms with Crippen molar-refractivity contribution in [3.63, 3.8) is 0 Å². The Morgan fingerprint density at radius 3 is 2.53 bits per heavy atom. The zero-order valence-electron chi connectivity index (χ0n) is 10.8. The van der Waals surface area contributed by atoms with E-state index in [4.69, 9.17) is 9.84 Å². The minimum Gasteiger partial charge on any atom is -0.480 e. The molecule has 7 heteroatoms. The van der Waals surface area contributed by atoms with E-state index in [1.807, 2.05) is 0 Å². The molecule has 2 amide bonds. The number of aliphatic carboxylic acids is 1. The van der Waals surface area contributed by atoms with Crippen LogP contribution in [-0.4, -0.2) is 65.6 Å². The van der Waals surface area contributed by atoms with Crippen molar-refractivity contribution in [2.45, 2.75) is 18.4 Å². The minimum absolute atomic E-state index is 0.129. The van der Waals surface area contributed by atoms with Gasteiger partial charge in [0.05, 0.1) is 6.61 Å². The summed E-state index contributed by atoms with van der Waals surface area (Å²) in [6.07, 6.45) is 1.98. The van der Waals surface area contributed by atoms with Gasteiger partial charge in [0.15, 0.2) is 0 Å². The number of nitrogens with zero attached hydrogens (tertiary/aromatic N) is 1. The van der Waals surface area contributed by atoms with Crippen LogP contribution in [0.1, 0.15) is 12.8 Å². The van der Waals surface area contributed by atoms with Crippen molar-refractivity contribution in [2.75, 3.05) is 32.9 Å². The van der Waals surface area contributed by atoms with Crippen LogP contribution in [0.25, 0.3) is 0 Å². The number of rotatable bonds is 6. The molecule has 7 nitrogen and oxygen atoms in total. The summed E-state index contributed by atoms with van der Waals surface area (Å²) < 4.78 is 5.13. The molecule has 0 bridgehead atoms. The lowest BCUT2D eigenvalue weighted by Gasteiger charge is -2.35. The number of amides is 2. The van der Waals surface area contributed by atoms with Crippen molar-refractivity contribution in [2.24, 2.45) is 0 Å². The third-order valence-electron chi connectivity index (χ3n) is 3.11. The van der Waals surface area contributed by atoms with Crippen LogP contribution in [-0.2, 0) is 9.53 Å². The highest BCUT2D eigenvalue weighted by atomic mass is 16.5. The maximum atomic E-state index is 12.1. The first-order valence-corrected chi connectivity index (χ1v) is 6.16. The first-order chi connectivity index (χ1) is 9.05. The summed E-state index contributed by atoms with van der Waals surface area (Å²) in [7, 11) is 0. The van der Waals surface area contributed by atoms with Gasteiger partial charge in [0, 0.05) is 39.1 Å². The third-order valence-corrected chi connectivity index (χ3v) is 3.11. The summed E-state index contributed by atoms with van der Waals surface area (Å²) >= 11 is 0. The summed E-state index contributed by atoms with van der Waals surface area (Å²) in [5.74, 6) is -1.06. The van der Waals surface area contributed by atoms with Crippen LogP contribution in [0.3, 0.4) is 0 Å². The quantitative estimate of drug-likeness (QED) is 0.582. The molecule has 1 rings (SSSR count). The van der Waals surface area contributed by atoms with Crippen molar-refractivity contribution in [3.8, 4) is 0 Å². The predicted molar refractivity (Wildman–Crippen MR) is 67.8 cm³/mol. The monoisotopic (exact) mass is 272 g/mol. The first-order valence-electron chi connectivity index (χ1n) is 6.16. The van der Waals surface area contributed by atoms with Crippen molar-refractivity contribution in [1.29, 1.82) is 0 Å². The van der Waals surface area contributed by atoms with E-state index < -0.39 is 17.5 Å². The average molecular weight is 272 g/mol. The maximum Gasteiger partial charge on any atom is 0.329 e. The van der Waals surface area contributed by atoms with Crippen LogP contribution in [0.2, 0.25) is 0 Å². The summed E-state index contributed by atoms with van der Waals surface area (Å²) in [5.41, 5.74) is -1.29. The Bertz CT molecular complexity index is 339. The summed E-state index contributed by atoms with van der Waals surface area (Å²) in [6.45, 7) is 4.31. The van der Waals surface area contributed by atoms with Crippen molar-refractivity contribution in [1.82, 2.24) is 10.2 Å². The number of aliphatic hydroxyl groups excluding tert-OH is 1. The molecule has 0 aromatic heterocycles. The number of nitrogens with one attached hydrogen (secondary N) is 1. The van der Waals surface area contributed by atoms with Crippen LogP contribution in [0.15, 0.2) is 12.7 Å². The van der Waals surface area contributed by atoms with Crippen LogP contribution >= 0.6 is 0 Å². The topological polar surface area (TPSA) is 99.1 Å². The average Bonchev–Trinajstić information content (AvgIpc) is 2.39. The molecule has 0 unspecified atom stereocenters. The molecule has 0 spiro atoms. The molecule has 0 saturated carbocycles. The number of aliphatic hydroxyl groups is 1. The number of carbonyl (C=O) groups is 2. The van der Waals surface area contributed by atoms with Crippen LogP contribution in [0, 0.1) is 0 Å². The van der Waals surface area contributed by atoms with Gasteiger partial charge >= 0.3 is 12.0 Å². The molecule has 19 heavy (non-hydrogen) atoms. The number of urea groups is 1. The van der Waals surface area contributed by atoms with Gasteiger partial charge in [-0.15, -0.1) is 6.58 Å². The lowest BCUT2D eigenvalue weighted by Crippen LogP contribution is -2.60. The molecule has 0 aliphatic carbocycles. The van der Waals surface area contributed by atoms with Gasteiger partial charge in [0.25, 0.3) is 0 Å². The molecule has 0 aromatic carbocycles. The lowest BCUT2D eigenvalue weighted by molar-refractivity contribution is -0.148. The van der Waals surface area contributed by atoms with Gasteiger partial charge < -0.3 is 25.2 Å². The van der Waals surface area contributed by atoms with Crippen molar-refractivity contribution in [3.05, 3.63) is 12.7 Å². The van der Waals surface area contributed by atoms with Gasteiger partial charge in [0.1, 0.15) is 5.54 Å². The highest BCUT2D eigenvalue weighted by molar-refractivity contribution is 5.86. The number of hydrogen-bond donors (Lipinski definition) is 3. The predicted octanol–water partition coefficient (Wildman–Crippen LogP) is -0.190. The maximum absolute atomic E-state index is 12.1. The van der Waals surface area contributed by atoms with Crippen LogP contribution in [0.4, 0.5) is 4.79 Å². The van der Waals surface area contributed by atoms with E-state index in [0.717, 1.165) is 0 Å². The molecule has 1 aliphatic rings. The Morgan fingerprint density at radius 1 is 1.42 bits per heavy atom. The van der Waals surface area contributed by atoms with Crippen LogP contribution in [0.5, 0.6) is 0 Å². The van der Waals surface area contributed by atoms with E-state index in [1.165, 1.54) is 11.0 Å². The standard InChI is InChI=1S/C12H20N2O5/c1-2-5-14(6-7-15)11(18)13-12(10(16)17)3-8-19-9-4-12/h2,15H,1,3-9H2,(H,13,18)(H,16,17). The normalized spacial score (nSPS) is 17.5. The lowest BCUT2D eigenvalue weighted by atomic mass is 9.90. The summed E-state index contributed by atoms with van der Waals surface area (Å²) in [5, 5.41) is 20.8. The van der Waals surface area contributed by atoms with E-state index in [-0.39, 0.29) is 32.5 Å². The van der Waals surface area contributed by atoms with Gasteiger partial charge in [0.2, 0.25) is 0 Å². The van der Waals surface area contributed by atoms with E-state index >= 15 is 0 Å². The first kappa shape index (κ1) is 15.5. The second-order valence-electron chi connectivity index (χ2n) is 4.39. The molecule has 108 valence electrons. The largest absolute Gasteiger partial charge is 0.480 e. The van der Waals surface area contributed by atoms with E-state index in [2.05, 4.69) is 11.9 Å². The van der Waals surface area contributed by atoms with Gasteiger partial charge in [-0.25, -0.2) is 9.59 Å². The molecule has 1 saturated heterocycles. The van der Waals surface area contributed by atoms with Gasteiger partial charge in [-0.1, -0.05) is 6.08 Å². The SMILES string of the molecule is C=CCN(CCO)C(=O)NC1(C(=O)O)CCOCC1. The van der Waals surface area contributed by atoms with E-state index in [0.29, 0.717) is 13.2 Å². The van der Waals surface area contributed by atoms with Crippen LogP contribution < -0.4 is 5.32 Å². The minimum atomic E-state index is -1.29. The number of carboxylic acid groups (broad SMARTS) is 1. The Kier molecular flexibility index (Phi) is 5.78. The Labute approximate surface area is 111 Å². The van der Waals surface area contributed by atoms with Gasteiger partial charge in [-0.05, 0) is 0 Å². The second kappa shape index (κ2) is 7.10. The highest BCUT2D eigenvalue weighted by Gasteiger charge is 2.42. The fourth-order valence-electron chi connectivity index (χ4n) is 1.95. The number of hydrogen-bond acceptors (Lipinski definition) is 4. The Hall–Kier alpha value is -1.60. The number of ether oxygens (including phenoxy) is 1. The highest BCUT2D eigenvalue weighted by Crippen LogP contribution is 2.21. The fourth-order valence-corrected chi connectivity index (χ4v) is 1.95. The number of carboxylic acids is 1. The Morgan fingerprint density at radius 2 is 2.05 bits per heavy atom. The smallest absolute Gasteiger partial charge is 0.329 e. The van der Waals surface area contributed by atoms with E-state index in [1.54, 1.807) is 0 Å². The zero-order valence-corrected chi connectivity index (χ0v) is 10.8. The molecule has 1 heterocycles. The fraction of sp³-hybridized carbons (Fsp3) is 0.667. The Balaban J connectivity index is 2.74. The molecule has 0 aromatic rings. The van der Waals surface area contributed by atoms with Crippen molar-refractivity contribution < 1.29 is 24.5 Å². The zero-order chi connectivity index (χ0) is 14.3. The number of carbonyl (C=O) groups excluding carboxylic acids is 1. The molecular weight excluding hydrogens is 252 g/mol. The second-order valence-corrected chi connectivity index (χ2v) is 4.39. The van der Waals surface area contributed by atoms with Gasteiger partial charge in [-0.3, -0.25) is 0 Å². The van der Waals surface area contributed by atoms with Gasteiger partial charge in [-0.2, -0.15) is 0 Å². The molecule has 0 atom stereocenters. The molecule has 1 aliphatic heterocycles. The van der Waals surface area contributed by atoms with E-state index in [9.17, 15) is 14.7 Å². The molecule has 3 N–H and O–H groups in total. The van der Waals surface area contributed by atoms with Crippen molar-refractivity contribution >= 4 is 12.0 Å². The summed E-state index contributed by atoms with van der Waals surface area (Å²) in [4.78, 5) is 24.8. The molecule has 1 fully saturated rings. The molecular formula is C12H20N2O5.